The van der Waals surface area contributed by atoms with Gasteiger partial charge in [-0.1, -0.05) is 59.6 Å². The van der Waals surface area contributed by atoms with E-state index in [1.165, 1.54) is 87.5 Å². The molecule has 6 aromatic rings. The van der Waals surface area contributed by atoms with Crippen LogP contribution in [0.2, 0.25) is 10.0 Å². The Hall–Kier alpha value is -8.74. The number of hydrogen-bond donors (Lipinski definition) is 2. The third-order valence-corrected chi connectivity index (χ3v) is 20.2. The van der Waals surface area contributed by atoms with Crippen LogP contribution in [0.3, 0.4) is 0 Å². The molecule has 4 aromatic carbocycles. The quantitative estimate of drug-likeness (QED) is 0.0478. The molecule has 0 radical (unpaired) electrons. The number of anilines is 2. The van der Waals surface area contributed by atoms with Crippen molar-refractivity contribution in [2.75, 3.05) is 118 Å². The van der Waals surface area contributed by atoms with Gasteiger partial charge in [0, 0.05) is 147 Å². The highest BCUT2D eigenvalue weighted by Gasteiger charge is 2.50. The number of fused-ring (bicyclic) bond motifs is 2. The number of aliphatic imine (C=N–C) groups is 2. The van der Waals surface area contributed by atoms with Crippen LogP contribution in [0.1, 0.15) is 57.2 Å². The van der Waals surface area contributed by atoms with Crippen molar-refractivity contribution in [3.05, 3.63) is 185 Å². The molecule has 0 bridgehead atoms. The molecule has 516 valence electrons. The number of carbonyl (C=O) groups excluding carboxylic acids is 6. The summed E-state index contributed by atoms with van der Waals surface area (Å²) in [4.78, 5) is 108. The Morgan fingerprint density at radius 1 is 0.551 bits per heavy atom. The summed E-state index contributed by atoms with van der Waals surface area (Å²) in [5.41, 5.74) is 5.92. The number of rotatable bonds is 22. The molecule has 30 heteroatoms. The molecule has 8 heterocycles. The van der Waals surface area contributed by atoms with Crippen LogP contribution < -0.4 is 20.4 Å². The number of nitrogens with one attached hydrogen (secondary N) is 2. The Balaban J connectivity index is 0.000000198. The molecular weight excluding hydrogens is 1350 g/mol. The highest BCUT2D eigenvalue weighted by atomic mass is 35.5. The molecular formula is C68H72Cl2F2N12O12S2. The van der Waals surface area contributed by atoms with Crippen LogP contribution in [0.4, 0.5) is 29.7 Å². The lowest BCUT2D eigenvalue weighted by atomic mass is 9.94. The van der Waals surface area contributed by atoms with Crippen molar-refractivity contribution in [3.63, 3.8) is 0 Å². The number of ether oxygens (including phenoxy) is 6. The standard InChI is InChI=1S/2C34H36ClFN6O6S/c2*1-46-19-27-26-18-42(22-8-4-20(5-9-22)6-11-28(43)47-2)34(45)41(26)14-13-40(27)17-25-29(33(44)48-3)30(23-10-7-21(36)16-24(23)35)39-31(38-25)32-37-12-15-49-32/h2*4-5,7-10,12,15-16,26-27,30H,6,11,13-14,17-19H2,1-3H3,(H,38,39)/t26-,27-,30+;26-,27-,30-/m10/s1. The predicted molar refractivity (Wildman–Crippen MR) is 364 cm³/mol. The summed E-state index contributed by atoms with van der Waals surface area (Å²) in [6.07, 6.45) is 4.97. The summed E-state index contributed by atoms with van der Waals surface area (Å²) in [7, 11) is 8.58. The molecule has 6 aliphatic rings. The minimum atomic E-state index is -0.892. The first-order chi connectivity index (χ1) is 47.4. The van der Waals surface area contributed by atoms with Gasteiger partial charge in [0.25, 0.3) is 0 Å². The average Bonchev–Trinajstić information content (AvgIpc) is 1.69. The number of urea groups is 2. The van der Waals surface area contributed by atoms with E-state index in [-0.39, 0.29) is 95.3 Å². The lowest BCUT2D eigenvalue weighted by molar-refractivity contribution is -0.141. The Labute approximate surface area is 582 Å². The molecule has 2 aromatic heterocycles. The maximum Gasteiger partial charge on any atom is 0.338 e. The number of halogens is 4. The van der Waals surface area contributed by atoms with Gasteiger partial charge in [0.15, 0.2) is 21.7 Å². The number of methoxy groups -OCH3 is 6. The van der Waals surface area contributed by atoms with Crippen LogP contribution in [-0.4, -0.2) is 210 Å². The highest BCUT2D eigenvalue weighted by molar-refractivity contribution is 7.12. The summed E-state index contributed by atoms with van der Waals surface area (Å²) in [6.45, 7) is 3.98. The number of amidine groups is 2. The third-order valence-electron chi connectivity index (χ3n) is 18.0. The number of amides is 4. The number of carbonyl (C=O) groups is 6. The zero-order valence-electron chi connectivity index (χ0n) is 54.5. The highest BCUT2D eigenvalue weighted by Crippen LogP contribution is 2.41. The third kappa shape index (κ3) is 15.4. The normalized spacial score (nSPS) is 21.0. The van der Waals surface area contributed by atoms with Gasteiger partial charge in [-0.25, -0.2) is 37.9 Å². The smallest absolute Gasteiger partial charge is 0.338 e. The maximum absolute atomic E-state index is 14.1. The van der Waals surface area contributed by atoms with Crippen molar-refractivity contribution in [2.24, 2.45) is 9.98 Å². The van der Waals surface area contributed by atoms with Crippen molar-refractivity contribution < 1.29 is 66.0 Å². The molecule has 0 spiro atoms. The number of benzene rings is 4. The second-order valence-electron chi connectivity index (χ2n) is 23.6. The van der Waals surface area contributed by atoms with Crippen molar-refractivity contribution in [1.82, 2.24) is 40.2 Å². The van der Waals surface area contributed by atoms with Crippen molar-refractivity contribution in [1.29, 1.82) is 0 Å². The molecule has 0 aliphatic carbocycles. The van der Waals surface area contributed by atoms with Crippen molar-refractivity contribution in [3.8, 4) is 0 Å². The molecule has 0 unspecified atom stereocenters. The Morgan fingerprint density at radius 3 is 1.29 bits per heavy atom. The van der Waals surface area contributed by atoms with E-state index in [0.29, 0.717) is 110 Å². The van der Waals surface area contributed by atoms with E-state index in [1.807, 2.05) is 69.1 Å². The molecule has 6 atom stereocenters. The largest absolute Gasteiger partial charge is 0.469 e. The summed E-state index contributed by atoms with van der Waals surface area (Å²) >= 11 is 15.8. The van der Waals surface area contributed by atoms with Crippen molar-refractivity contribution >= 4 is 105 Å². The minimum absolute atomic E-state index is 0.0949. The number of nitrogens with zero attached hydrogens (tertiary/aromatic N) is 10. The van der Waals surface area contributed by atoms with Crippen LogP contribution in [0.15, 0.2) is 141 Å². The number of piperazine rings is 2. The Morgan fingerprint density at radius 2 is 0.949 bits per heavy atom. The Kier molecular flexibility index (Phi) is 22.9. The molecule has 2 N–H and O–H groups in total. The van der Waals surface area contributed by atoms with Gasteiger partial charge >= 0.3 is 35.9 Å². The maximum atomic E-state index is 14.1. The second-order valence-corrected chi connectivity index (χ2v) is 26.2. The van der Waals surface area contributed by atoms with E-state index in [2.05, 4.69) is 30.4 Å². The lowest BCUT2D eigenvalue weighted by Crippen LogP contribution is -2.61. The van der Waals surface area contributed by atoms with Gasteiger partial charge in [-0.3, -0.25) is 39.2 Å². The summed E-state index contributed by atoms with van der Waals surface area (Å²) in [6, 6.07) is 20.4. The summed E-state index contributed by atoms with van der Waals surface area (Å²) in [5, 5.41) is 11.8. The van der Waals surface area contributed by atoms with E-state index >= 15 is 0 Å². The van der Waals surface area contributed by atoms with E-state index in [1.54, 1.807) is 36.4 Å². The van der Waals surface area contributed by atoms with Gasteiger partial charge in [-0.2, -0.15) is 0 Å². The SMILES string of the molecule is COC[C@@H]1[C@H]2CN(c3ccc(CCC(=O)OC)cc3)C(=O)N2CCN1CC1=C(C(=O)OC)[C@H](c2ccc(F)cc2Cl)N=C(c2nccs2)N1.COC[C@H]1[C@@H]2CN(c3ccc(CCC(=O)OC)cc3)C(=O)N2CCN1CC1=C(C(=O)OC)[C@H](c2ccc(F)cc2Cl)N=C(c2nccs2)N1. The molecule has 6 aliphatic heterocycles. The molecule has 4 saturated heterocycles. The first-order valence-electron chi connectivity index (χ1n) is 31.4. The van der Waals surface area contributed by atoms with Crippen LogP contribution in [0.25, 0.3) is 0 Å². The predicted octanol–water partition coefficient (Wildman–Crippen LogP) is 8.40. The number of aryl methyl sites for hydroxylation is 2. The summed E-state index contributed by atoms with van der Waals surface area (Å²) in [5.74, 6) is -1.88. The number of hydrogen-bond acceptors (Lipinski definition) is 22. The van der Waals surface area contributed by atoms with Gasteiger partial charge in [0.1, 0.15) is 23.7 Å². The molecule has 12 rings (SSSR count). The fourth-order valence-electron chi connectivity index (χ4n) is 13.1. The van der Waals surface area contributed by atoms with Crippen LogP contribution in [-0.2, 0) is 60.4 Å². The van der Waals surface area contributed by atoms with Gasteiger partial charge in [-0.15, -0.1) is 22.7 Å². The average molecular weight is 1420 g/mol. The molecule has 98 heavy (non-hydrogen) atoms. The zero-order valence-corrected chi connectivity index (χ0v) is 57.6. The van der Waals surface area contributed by atoms with Crippen LogP contribution in [0.5, 0.6) is 0 Å². The van der Waals surface area contributed by atoms with Gasteiger partial charge in [-0.05, 0) is 72.5 Å². The molecule has 24 nitrogen and oxygen atoms in total. The van der Waals surface area contributed by atoms with E-state index in [4.69, 9.17) is 61.6 Å². The minimum Gasteiger partial charge on any atom is -0.469 e. The van der Waals surface area contributed by atoms with Gasteiger partial charge in [0.05, 0.1) is 77.0 Å². The first kappa shape index (κ1) is 70.6. The van der Waals surface area contributed by atoms with Crippen molar-refractivity contribution in [2.45, 2.75) is 61.9 Å². The molecule has 4 amide bonds. The summed E-state index contributed by atoms with van der Waals surface area (Å²) < 4.78 is 59.6. The fraction of sp³-hybridized carbons (Fsp3) is 0.382. The van der Waals surface area contributed by atoms with Gasteiger partial charge < -0.3 is 48.9 Å². The van der Waals surface area contributed by atoms with Gasteiger partial charge in [0.2, 0.25) is 0 Å². The number of aromatic nitrogens is 2. The first-order valence-corrected chi connectivity index (χ1v) is 33.9. The van der Waals surface area contributed by atoms with Crippen LogP contribution >= 0.6 is 45.9 Å². The zero-order chi connectivity index (χ0) is 69.3. The van der Waals surface area contributed by atoms with E-state index in [0.717, 1.165) is 22.5 Å². The topological polar surface area (TPSA) is 252 Å². The second kappa shape index (κ2) is 31.8. The van der Waals surface area contributed by atoms with Crippen LogP contribution in [0, 0.1) is 11.6 Å². The Bertz CT molecular complexity index is 3800. The number of thiazole rings is 2. The molecule has 4 fully saturated rings. The number of esters is 4. The van der Waals surface area contributed by atoms with E-state index in [9.17, 15) is 37.5 Å². The van der Waals surface area contributed by atoms with E-state index < -0.39 is 35.7 Å². The molecule has 0 saturated carbocycles. The lowest BCUT2D eigenvalue weighted by Gasteiger charge is -2.44. The monoisotopic (exact) mass is 1420 g/mol. The fourth-order valence-corrected chi connectivity index (χ4v) is 14.8.